The number of anilines is 1. The molecular weight excluding hydrogens is 378 g/mol. The fourth-order valence-electron chi connectivity index (χ4n) is 6.96. The van der Waals surface area contributed by atoms with Gasteiger partial charge in [0, 0.05) is 18.2 Å². The van der Waals surface area contributed by atoms with Crippen molar-refractivity contribution in [1.29, 1.82) is 0 Å². The van der Waals surface area contributed by atoms with E-state index in [1.165, 1.54) is 0 Å². The number of carbonyl (C=O) groups is 3. The smallest absolute Gasteiger partial charge is 0.243 e. The summed E-state index contributed by atoms with van der Waals surface area (Å²) in [5, 5.41) is 9.06. The maximum absolute atomic E-state index is 13.3. The van der Waals surface area contributed by atoms with Crippen LogP contribution >= 0.6 is 0 Å². The lowest BCUT2D eigenvalue weighted by atomic mass is 9.46. The van der Waals surface area contributed by atoms with Gasteiger partial charge in [0.25, 0.3) is 0 Å². The molecule has 0 heterocycles. The zero-order valence-corrected chi connectivity index (χ0v) is 18.5. The Morgan fingerprint density at radius 3 is 2.17 bits per heavy atom. The average Bonchev–Trinajstić information content (AvgIpc) is 2.60. The van der Waals surface area contributed by atoms with Crippen LogP contribution in [0.25, 0.3) is 0 Å². The van der Waals surface area contributed by atoms with Crippen LogP contribution in [-0.2, 0) is 14.4 Å². The number of hydrogen-bond donors (Lipinski definition) is 3. The molecule has 4 saturated carbocycles. The number of amides is 3. The maximum atomic E-state index is 13.3. The minimum absolute atomic E-state index is 0.0178. The van der Waals surface area contributed by atoms with Crippen molar-refractivity contribution in [3.63, 3.8) is 0 Å². The highest BCUT2D eigenvalue weighted by Gasteiger charge is 2.60. The highest BCUT2D eigenvalue weighted by molar-refractivity contribution is 5.96. The largest absolute Gasteiger partial charge is 0.351 e. The first-order valence-electron chi connectivity index (χ1n) is 11.0. The summed E-state index contributed by atoms with van der Waals surface area (Å²) in [4.78, 5) is 37.6. The van der Waals surface area contributed by atoms with E-state index < -0.39 is 5.41 Å². The minimum Gasteiger partial charge on any atom is -0.351 e. The molecule has 6 heteroatoms. The third-order valence-electron chi connectivity index (χ3n) is 7.33. The van der Waals surface area contributed by atoms with Gasteiger partial charge in [-0.25, -0.2) is 0 Å². The molecule has 4 bridgehead atoms. The van der Waals surface area contributed by atoms with Crippen LogP contribution < -0.4 is 16.0 Å². The summed E-state index contributed by atoms with van der Waals surface area (Å²) in [6.45, 7) is 7.52. The first-order valence-corrected chi connectivity index (χ1v) is 11.0. The molecule has 162 valence electrons. The van der Waals surface area contributed by atoms with E-state index in [4.69, 9.17) is 0 Å². The van der Waals surface area contributed by atoms with Gasteiger partial charge >= 0.3 is 0 Å². The van der Waals surface area contributed by atoms with E-state index in [0.717, 1.165) is 54.5 Å². The number of rotatable bonds is 5. The predicted octanol–water partition coefficient (Wildman–Crippen LogP) is 3.14. The molecule has 6 nitrogen and oxygen atoms in total. The van der Waals surface area contributed by atoms with Crippen LogP contribution in [-0.4, -0.2) is 29.8 Å². The van der Waals surface area contributed by atoms with Gasteiger partial charge in [0.2, 0.25) is 17.7 Å². The molecule has 3 N–H and O–H groups in total. The molecule has 0 aliphatic heterocycles. The summed E-state index contributed by atoms with van der Waals surface area (Å²) >= 11 is 0. The second kappa shape index (κ2) is 7.40. The molecule has 1 aromatic carbocycles. The van der Waals surface area contributed by atoms with Gasteiger partial charge < -0.3 is 16.0 Å². The van der Waals surface area contributed by atoms with Crippen LogP contribution in [0.2, 0.25) is 0 Å². The standard InChI is InChI=1S/C24H33N3O3/c1-14-5-15(2)21(16(3)6-14)26-20(29)12-25-22(30)23-8-18-7-19(9-23)11-24(10-18,13-23)27-17(4)28/h5-6,18-19H,7-13H2,1-4H3,(H,25,30)(H,26,29)(H,27,28)/t18-,19-,23?,24?/m1/s1. The number of hydrogen-bond acceptors (Lipinski definition) is 3. The summed E-state index contributed by atoms with van der Waals surface area (Å²) in [5.74, 6) is 0.709. The zero-order valence-electron chi connectivity index (χ0n) is 18.5. The zero-order chi connectivity index (χ0) is 21.7. The highest BCUT2D eigenvalue weighted by atomic mass is 16.2. The molecule has 0 radical (unpaired) electrons. The molecule has 0 aromatic heterocycles. The average molecular weight is 412 g/mol. The Kier molecular flexibility index (Phi) is 5.15. The van der Waals surface area contributed by atoms with Crippen LogP contribution in [0.15, 0.2) is 12.1 Å². The quantitative estimate of drug-likeness (QED) is 0.696. The molecule has 3 amide bonds. The number of carbonyl (C=O) groups excluding carboxylic acids is 3. The molecule has 0 saturated heterocycles. The van der Waals surface area contributed by atoms with Crippen LogP contribution in [0.1, 0.15) is 62.1 Å². The van der Waals surface area contributed by atoms with Crippen molar-refractivity contribution in [3.05, 3.63) is 28.8 Å². The van der Waals surface area contributed by atoms with Crippen molar-refractivity contribution in [2.75, 3.05) is 11.9 Å². The molecule has 30 heavy (non-hydrogen) atoms. The summed E-state index contributed by atoms with van der Waals surface area (Å²) in [7, 11) is 0. The Hall–Kier alpha value is -2.37. The number of nitrogens with one attached hydrogen (secondary N) is 3. The Balaban J connectivity index is 1.42. The van der Waals surface area contributed by atoms with Gasteiger partial charge in [0.05, 0.1) is 12.0 Å². The summed E-state index contributed by atoms with van der Waals surface area (Å²) in [5.41, 5.74) is 3.32. The summed E-state index contributed by atoms with van der Waals surface area (Å²) in [6, 6.07) is 4.08. The Labute approximate surface area is 178 Å². The normalized spacial score (nSPS) is 31.3. The van der Waals surface area contributed by atoms with Crippen molar-refractivity contribution < 1.29 is 14.4 Å². The van der Waals surface area contributed by atoms with Gasteiger partial charge in [0.15, 0.2) is 0 Å². The first-order chi connectivity index (χ1) is 14.1. The lowest BCUT2D eigenvalue weighted by Crippen LogP contribution is -2.66. The summed E-state index contributed by atoms with van der Waals surface area (Å²) in [6.07, 6.45) is 5.54. The third kappa shape index (κ3) is 3.84. The highest BCUT2D eigenvalue weighted by Crippen LogP contribution is 2.61. The number of aryl methyl sites for hydroxylation is 3. The fourth-order valence-corrected chi connectivity index (χ4v) is 6.96. The van der Waals surface area contributed by atoms with E-state index in [-0.39, 0.29) is 29.8 Å². The second-order valence-corrected chi connectivity index (χ2v) is 10.2. The lowest BCUT2D eigenvalue weighted by molar-refractivity contribution is -0.153. The number of benzene rings is 1. The lowest BCUT2D eigenvalue weighted by Gasteiger charge is -2.61. The van der Waals surface area contributed by atoms with Crippen molar-refractivity contribution in [2.24, 2.45) is 17.3 Å². The van der Waals surface area contributed by atoms with Gasteiger partial charge in [-0.2, -0.15) is 0 Å². The monoisotopic (exact) mass is 411 g/mol. The SMILES string of the molecule is CC(=O)NC12C[C@@H]3C[C@@H](C1)CC(C(=O)NCC(=O)Nc1c(C)cc(C)cc1C)(C3)C2. The molecule has 1 aromatic rings. The van der Waals surface area contributed by atoms with E-state index in [1.54, 1.807) is 6.92 Å². The molecule has 4 aliphatic carbocycles. The maximum Gasteiger partial charge on any atom is 0.243 e. The van der Waals surface area contributed by atoms with E-state index in [1.807, 2.05) is 32.9 Å². The van der Waals surface area contributed by atoms with Crippen LogP contribution in [0, 0.1) is 38.0 Å². The Morgan fingerprint density at radius 2 is 1.60 bits per heavy atom. The molecule has 4 aliphatic rings. The molecule has 2 atom stereocenters. The van der Waals surface area contributed by atoms with Gasteiger partial charge in [-0.15, -0.1) is 0 Å². The van der Waals surface area contributed by atoms with Gasteiger partial charge in [-0.05, 0) is 82.3 Å². The van der Waals surface area contributed by atoms with E-state index >= 15 is 0 Å². The summed E-state index contributed by atoms with van der Waals surface area (Å²) < 4.78 is 0. The van der Waals surface area contributed by atoms with Crippen molar-refractivity contribution in [3.8, 4) is 0 Å². The molecule has 0 unspecified atom stereocenters. The van der Waals surface area contributed by atoms with Crippen molar-refractivity contribution in [2.45, 2.75) is 71.8 Å². The van der Waals surface area contributed by atoms with Gasteiger partial charge in [-0.3, -0.25) is 14.4 Å². The predicted molar refractivity (Wildman–Crippen MR) is 116 cm³/mol. The van der Waals surface area contributed by atoms with Gasteiger partial charge in [-0.1, -0.05) is 17.7 Å². The van der Waals surface area contributed by atoms with E-state index in [0.29, 0.717) is 18.3 Å². The van der Waals surface area contributed by atoms with Crippen molar-refractivity contribution in [1.82, 2.24) is 10.6 Å². The molecule has 0 spiro atoms. The van der Waals surface area contributed by atoms with Crippen molar-refractivity contribution >= 4 is 23.4 Å². The Morgan fingerprint density at radius 1 is 1.00 bits per heavy atom. The van der Waals surface area contributed by atoms with E-state index in [2.05, 4.69) is 16.0 Å². The fraction of sp³-hybridized carbons (Fsp3) is 0.625. The minimum atomic E-state index is -0.456. The molecular formula is C24H33N3O3. The van der Waals surface area contributed by atoms with Gasteiger partial charge in [0.1, 0.15) is 0 Å². The topological polar surface area (TPSA) is 87.3 Å². The molecule has 5 rings (SSSR count). The van der Waals surface area contributed by atoms with Crippen LogP contribution in [0.4, 0.5) is 5.69 Å². The first kappa shape index (κ1) is 20.9. The van der Waals surface area contributed by atoms with Crippen LogP contribution in [0.3, 0.4) is 0 Å². The Bertz CT molecular complexity index is 870. The van der Waals surface area contributed by atoms with E-state index in [9.17, 15) is 14.4 Å². The second-order valence-electron chi connectivity index (χ2n) is 10.2. The third-order valence-corrected chi connectivity index (χ3v) is 7.33. The van der Waals surface area contributed by atoms with Crippen LogP contribution in [0.5, 0.6) is 0 Å². The molecule has 4 fully saturated rings.